The number of ether oxygens (including phenoxy) is 1. The van der Waals surface area contributed by atoms with Crippen molar-refractivity contribution in [3.8, 4) is 0 Å². The lowest BCUT2D eigenvalue weighted by atomic mass is 9.73. The van der Waals surface area contributed by atoms with Crippen LogP contribution in [0.25, 0.3) is 0 Å². The van der Waals surface area contributed by atoms with E-state index in [2.05, 4.69) is 48.8 Å². The van der Waals surface area contributed by atoms with Gasteiger partial charge in [-0.05, 0) is 144 Å². The van der Waals surface area contributed by atoms with Crippen LogP contribution in [0.5, 0.6) is 0 Å². The Morgan fingerprint density at radius 2 is 1.23 bits per heavy atom. The van der Waals surface area contributed by atoms with E-state index in [1.807, 2.05) is 0 Å². The lowest BCUT2D eigenvalue weighted by Gasteiger charge is -2.38. The Labute approximate surface area is 221 Å². The molecule has 0 aromatic heterocycles. The summed E-state index contributed by atoms with van der Waals surface area (Å²) in [4.78, 5) is 0. The molecule has 1 aromatic rings. The molecule has 0 saturated heterocycles. The first-order valence-electron chi connectivity index (χ1n) is 14.4. The molecule has 1 nitrogen and oxygen atoms in total. The molecule has 0 heterocycles. The molecule has 0 N–H and O–H groups in total. The molecule has 3 aliphatic rings. The fraction of sp³-hybridized carbons (Fsp3) is 0.806. The second-order valence-corrected chi connectivity index (χ2v) is 13.0. The lowest BCUT2D eigenvalue weighted by Crippen LogP contribution is -2.39. The number of benzene rings is 1. The third-order valence-electron chi connectivity index (χ3n) is 9.80. The molecule has 0 radical (unpaired) electrons. The average molecular weight is 554 g/mol. The minimum atomic E-state index is -2.96. The second kappa shape index (κ2) is 12.4. The van der Waals surface area contributed by atoms with Gasteiger partial charge < -0.3 is 4.74 Å². The van der Waals surface area contributed by atoms with Gasteiger partial charge in [-0.2, -0.15) is 8.78 Å². The predicted molar refractivity (Wildman–Crippen MR) is 145 cm³/mol. The summed E-state index contributed by atoms with van der Waals surface area (Å²) in [6.07, 6.45) is 11.2. The van der Waals surface area contributed by atoms with Crippen LogP contribution in [0.3, 0.4) is 0 Å². The van der Waals surface area contributed by atoms with Gasteiger partial charge in [0.05, 0.1) is 12.0 Å². The maximum absolute atomic E-state index is 15.1. The van der Waals surface area contributed by atoms with Crippen LogP contribution in [-0.2, 0) is 11.2 Å². The van der Waals surface area contributed by atoms with E-state index >= 15 is 8.78 Å². The molecule has 3 aliphatic carbocycles. The Bertz CT molecular complexity index is 777. The Hall–Kier alpha value is -0.480. The van der Waals surface area contributed by atoms with Crippen LogP contribution in [0, 0.1) is 50.4 Å². The molecule has 1 aromatic carbocycles. The van der Waals surface area contributed by atoms with Gasteiger partial charge in [-0.1, -0.05) is 40.9 Å². The summed E-state index contributed by atoms with van der Waals surface area (Å²) in [6.45, 7) is 6.55. The Morgan fingerprint density at radius 1 is 0.743 bits per heavy atom. The van der Waals surface area contributed by atoms with Crippen LogP contribution in [0.4, 0.5) is 8.78 Å². The molecule has 35 heavy (non-hydrogen) atoms. The SMILES string of the molecule is Cc1cc(CC2CCC(OC(F)(F)C3CCC(CC4CCC(CBr)CC4)CC3)CC2)cc(C)c1C. The van der Waals surface area contributed by atoms with Crippen molar-refractivity contribution in [1.29, 1.82) is 0 Å². The third-order valence-corrected chi connectivity index (χ3v) is 10.7. The minimum absolute atomic E-state index is 0.273. The quantitative estimate of drug-likeness (QED) is 0.291. The monoisotopic (exact) mass is 552 g/mol. The Kier molecular flexibility index (Phi) is 9.74. The molecular formula is C31H47BrF2O. The van der Waals surface area contributed by atoms with Crippen LogP contribution in [0.1, 0.15) is 106 Å². The number of aryl methyl sites for hydroxylation is 2. The van der Waals surface area contributed by atoms with Gasteiger partial charge in [0.1, 0.15) is 0 Å². The molecule has 0 amide bonds. The summed E-state index contributed by atoms with van der Waals surface area (Å²) in [7, 11) is 0. The van der Waals surface area contributed by atoms with E-state index in [-0.39, 0.29) is 6.10 Å². The van der Waals surface area contributed by atoms with Gasteiger partial charge in [-0.3, -0.25) is 0 Å². The third kappa shape index (κ3) is 7.53. The topological polar surface area (TPSA) is 9.23 Å². The summed E-state index contributed by atoms with van der Waals surface area (Å²) in [5.41, 5.74) is 5.48. The highest BCUT2D eigenvalue weighted by Crippen LogP contribution is 2.44. The van der Waals surface area contributed by atoms with Crippen molar-refractivity contribution >= 4 is 15.9 Å². The largest absolute Gasteiger partial charge is 0.358 e. The highest BCUT2D eigenvalue weighted by atomic mass is 79.9. The van der Waals surface area contributed by atoms with E-state index in [1.54, 1.807) is 0 Å². The van der Waals surface area contributed by atoms with Crippen LogP contribution < -0.4 is 0 Å². The molecule has 198 valence electrons. The Morgan fingerprint density at radius 3 is 1.77 bits per heavy atom. The maximum Gasteiger partial charge on any atom is 0.358 e. The molecule has 0 aliphatic heterocycles. The molecule has 4 heteroatoms. The second-order valence-electron chi connectivity index (χ2n) is 12.4. The zero-order valence-electron chi connectivity index (χ0n) is 22.3. The van der Waals surface area contributed by atoms with Crippen molar-refractivity contribution in [1.82, 2.24) is 0 Å². The van der Waals surface area contributed by atoms with Crippen molar-refractivity contribution < 1.29 is 13.5 Å². The molecular weight excluding hydrogens is 506 g/mol. The van der Waals surface area contributed by atoms with E-state index in [4.69, 9.17) is 4.74 Å². The molecule has 4 rings (SSSR count). The van der Waals surface area contributed by atoms with Gasteiger partial charge in [-0.15, -0.1) is 0 Å². The van der Waals surface area contributed by atoms with Crippen LogP contribution >= 0.6 is 15.9 Å². The van der Waals surface area contributed by atoms with Crippen LogP contribution in [0.2, 0.25) is 0 Å². The van der Waals surface area contributed by atoms with Gasteiger partial charge in [0.25, 0.3) is 0 Å². The van der Waals surface area contributed by atoms with E-state index < -0.39 is 12.0 Å². The van der Waals surface area contributed by atoms with Crippen molar-refractivity contribution in [3.63, 3.8) is 0 Å². The van der Waals surface area contributed by atoms with Crippen LogP contribution in [-0.4, -0.2) is 17.5 Å². The molecule has 0 spiro atoms. The van der Waals surface area contributed by atoms with E-state index in [0.717, 1.165) is 62.1 Å². The average Bonchev–Trinajstić information content (AvgIpc) is 2.84. The van der Waals surface area contributed by atoms with Gasteiger partial charge in [0.2, 0.25) is 0 Å². The molecule has 0 unspecified atom stereocenters. The lowest BCUT2D eigenvalue weighted by molar-refractivity contribution is -0.302. The summed E-state index contributed by atoms with van der Waals surface area (Å²) in [5, 5.41) is 1.13. The van der Waals surface area contributed by atoms with Crippen molar-refractivity contribution in [2.75, 3.05) is 5.33 Å². The van der Waals surface area contributed by atoms with Crippen molar-refractivity contribution in [2.24, 2.45) is 29.6 Å². The number of hydrogen-bond donors (Lipinski definition) is 0. The molecule has 3 fully saturated rings. The van der Waals surface area contributed by atoms with E-state index in [1.165, 1.54) is 54.4 Å². The van der Waals surface area contributed by atoms with Gasteiger partial charge in [-0.25, -0.2) is 0 Å². The van der Waals surface area contributed by atoms with Gasteiger partial charge in [0.15, 0.2) is 0 Å². The molecule has 3 saturated carbocycles. The zero-order valence-corrected chi connectivity index (χ0v) is 23.9. The normalized spacial score (nSPS) is 32.5. The minimum Gasteiger partial charge on any atom is -0.317 e. The number of alkyl halides is 3. The molecule has 0 atom stereocenters. The van der Waals surface area contributed by atoms with Gasteiger partial charge >= 0.3 is 6.11 Å². The Balaban J connectivity index is 1.17. The summed E-state index contributed by atoms with van der Waals surface area (Å²) in [6, 6.07) is 4.62. The first-order chi connectivity index (χ1) is 16.7. The van der Waals surface area contributed by atoms with E-state index in [9.17, 15) is 0 Å². The summed E-state index contributed by atoms with van der Waals surface area (Å²) in [5.74, 6) is 2.33. The van der Waals surface area contributed by atoms with Gasteiger partial charge in [0, 0.05) is 5.33 Å². The summed E-state index contributed by atoms with van der Waals surface area (Å²) < 4.78 is 35.8. The number of halogens is 3. The van der Waals surface area contributed by atoms with Crippen molar-refractivity contribution in [3.05, 3.63) is 34.4 Å². The summed E-state index contributed by atoms with van der Waals surface area (Å²) >= 11 is 3.63. The first kappa shape index (κ1) is 27.6. The highest BCUT2D eigenvalue weighted by Gasteiger charge is 2.45. The smallest absolute Gasteiger partial charge is 0.317 e. The fourth-order valence-corrected chi connectivity index (χ4v) is 7.82. The van der Waals surface area contributed by atoms with Crippen molar-refractivity contribution in [2.45, 2.75) is 123 Å². The van der Waals surface area contributed by atoms with E-state index in [0.29, 0.717) is 24.7 Å². The zero-order chi connectivity index (χ0) is 25.0. The fourth-order valence-electron chi connectivity index (χ4n) is 7.18. The maximum atomic E-state index is 15.1. The number of rotatable bonds is 8. The first-order valence-corrected chi connectivity index (χ1v) is 15.5. The highest BCUT2D eigenvalue weighted by molar-refractivity contribution is 9.09. The number of hydrogen-bond acceptors (Lipinski definition) is 1. The molecule has 0 bridgehead atoms. The van der Waals surface area contributed by atoms with Crippen LogP contribution in [0.15, 0.2) is 12.1 Å². The standard InChI is InChI=1S/C31H47BrF2O/c1-21-16-28(17-22(2)23(21)3)19-26-10-14-30(15-11-26)35-31(33,34)29-12-8-25(9-13-29)18-24-4-6-27(20-32)7-5-24/h16-17,24-27,29-30H,4-15,18-20H2,1-3H3. The predicted octanol–water partition coefficient (Wildman–Crippen LogP) is 9.72.